The Morgan fingerprint density at radius 3 is 2.50 bits per heavy atom. The molecule has 7 heteroatoms. The Balaban J connectivity index is 1.74. The summed E-state index contributed by atoms with van der Waals surface area (Å²) in [6.07, 6.45) is 3.25. The van der Waals surface area contributed by atoms with Crippen LogP contribution in [0.15, 0.2) is 58.5 Å². The molecule has 0 bridgehead atoms. The maximum atomic E-state index is 12.8. The van der Waals surface area contributed by atoms with Gasteiger partial charge >= 0.3 is 5.97 Å². The summed E-state index contributed by atoms with van der Waals surface area (Å²) in [5.41, 5.74) is 6.72. The van der Waals surface area contributed by atoms with Crippen LogP contribution in [0.1, 0.15) is 33.3 Å². The van der Waals surface area contributed by atoms with Gasteiger partial charge in [-0.1, -0.05) is 29.8 Å². The van der Waals surface area contributed by atoms with Gasteiger partial charge in [-0.05, 0) is 49.4 Å². The molecule has 0 fully saturated rings. The molecular weight excluding hydrogens is 450 g/mol. The number of furan rings is 1. The standard InChI is InChI=1S/C27H25NO5S/c1-15-6-8-18(9-7-15)21-14-33-25-17(3)24(31-4)19(13-20(21)25)16(2)12-23(29)28-22-10-11-34-26(22)27(30)32-5/h6-14H,1-5H3,(H,28,29)/b16-12+. The number of allylic oxidation sites excluding steroid dienone is 1. The van der Waals surface area contributed by atoms with Crippen molar-refractivity contribution in [3.8, 4) is 16.9 Å². The summed E-state index contributed by atoms with van der Waals surface area (Å²) in [6.45, 7) is 5.84. The third-order valence-electron chi connectivity index (χ3n) is 5.68. The maximum absolute atomic E-state index is 12.8. The number of hydrogen-bond donors (Lipinski definition) is 1. The zero-order chi connectivity index (χ0) is 24.4. The van der Waals surface area contributed by atoms with Crippen molar-refractivity contribution < 1.29 is 23.5 Å². The lowest BCUT2D eigenvalue weighted by Gasteiger charge is -2.13. The molecule has 0 spiro atoms. The van der Waals surface area contributed by atoms with E-state index in [2.05, 4.69) is 29.6 Å². The van der Waals surface area contributed by atoms with Crippen molar-refractivity contribution in [3.05, 3.63) is 75.7 Å². The first-order chi connectivity index (χ1) is 16.3. The molecule has 0 aliphatic carbocycles. The minimum absolute atomic E-state index is 0.345. The molecule has 0 atom stereocenters. The zero-order valence-corrected chi connectivity index (χ0v) is 20.5. The van der Waals surface area contributed by atoms with E-state index in [9.17, 15) is 9.59 Å². The van der Waals surface area contributed by atoms with Gasteiger partial charge in [0.2, 0.25) is 5.91 Å². The summed E-state index contributed by atoms with van der Waals surface area (Å²) in [5, 5.41) is 5.44. The second-order valence-electron chi connectivity index (χ2n) is 7.95. The van der Waals surface area contributed by atoms with Gasteiger partial charge in [0, 0.05) is 28.2 Å². The highest BCUT2D eigenvalue weighted by atomic mass is 32.1. The van der Waals surface area contributed by atoms with E-state index in [1.807, 2.05) is 26.8 Å². The summed E-state index contributed by atoms with van der Waals surface area (Å²) in [6, 6.07) is 11.9. The van der Waals surface area contributed by atoms with Gasteiger partial charge in [-0.15, -0.1) is 11.3 Å². The second-order valence-corrected chi connectivity index (χ2v) is 8.86. The predicted molar refractivity (Wildman–Crippen MR) is 136 cm³/mol. The number of anilines is 1. The van der Waals surface area contributed by atoms with Crippen LogP contribution in [0, 0.1) is 13.8 Å². The van der Waals surface area contributed by atoms with Gasteiger partial charge in [0.05, 0.1) is 26.2 Å². The first-order valence-corrected chi connectivity index (χ1v) is 11.5. The summed E-state index contributed by atoms with van der Waals surface area (Å²) in [7, 11) is 2.91. The Hall–Kier alpha value is -3.84. The van der Waals surface area contributed by atoms with E-state index in [0.717, 1.165) is 33.2 Å². The highest BCUT2D eigenvalue weighted by molar-refractivity contribution is 7.12. The van der Waals surface area contributed by atoms with Crippen LogP contribution in [0.3, 0.4) is 0 Å². The van der Waals surface area contributed by atoms with Crippen molar-refractivity contribution in [1.82, 2.24) is 0 Å². The third-order valence-corrected chi connectivity index (χ3v) is 6.57. The SMILES string of the molecule is COC(=O)c1sccc1NC(=O)/C=C(\C)c1cc2c(-c3ccc(C)cc3)coc2c(C)c1OC. The summed E-state index contributed by atoms with van der Waals surface area (Å²) in [4.78, 5) is 25.0. The molecule has 1 N–H and O–H groups in total. The second kappa shape index (κ2) is 9.57. The monoisotopic (exact) mass is 475 g/mol. The van der Waals surface area contributed by atoms with Crippen molar-refractivity contribution in [2.45, 2.75) is 20.8 Å². The van der Waals surface area contributed by atoms with Crippen LogP contribution >= 0.6 is 11.3 Å². The number of carbonyl (C=O) groups excluding carboxylic acids is 2. The molecule has 0 aliphatic heterocycles. The number of thiophene rings is 1. The molecule has 4 rings (SSSR count). The van der Waals surface area contributed by atoms with E-state index in [4.69, 9.17) is 13.9 Å². The smallest absolute Gasteiger partial charge is 0.350 e. The molecule has 174 valence electrons. The van der Waals surface area contributed by atoms with Crippen molar-refractivity contribution in [1.29, 1.82) is 0 Å². The minimum atomic E-state index is -0.489. The van der Waals surface area contributed by atoms with E-state index in [1.54, 1.807) is 24.8 Å². The number of methoxy groups -OCH3 is 2. The van der Waals surface area contributed by atoms with E-state index in [1.165, 1.54) is 30.1 Å². The average molecular weight is 476 g/mol. The van der Waals surface area contributed by atoms with Gasteiger partial charge in [0.25, 0.3) is 0 Å². The number of carbonyl (C=O) groups is 2. The van der Waals surface area contributed by atoms with Gasteiger partial charge in [0.15, 0.2) is 0 Å². The molecule has 34 heavy (non-hydrogen) atoms. The number of hydrogen-bond acceptors (Lipinski definition) is 6. The van der Waals surface area contributed by atoms with Crippen molar-refractivity contribution in [3.63, 3.8) is 0 Å². The normalized spacial score (nSPS) is 11.5. The van der Waals surface area contributed by atoms with Crippen molar-refractivity contribution >= 4 is 45.4 Å². The van der Waals surface area contributed by atoms with Gasteiger partial charge in [-0.2, -0.15) is 0 Å². The zero-order valence-electron chi connectivity index (χ0n) is 19.6. The topological polar surface area (TPSA) is 77.8 Å². The number of ether oxygens (including phenoxy) is 2. The van der Waals surface area contributed by atoms with E-state index in [-0.39, 0.29) is 5.91 Å². The largest absolute Gasteiger partial charge is 0.496 e. The Labute approximate surface area is 201 Å². The Kier molecular flexibility index (Phi) is 6.56. The number of esters is 1. The van der Waals surface area contributed by atoms with E-state index < -0.39 is 5.97 Å². The number of benzene rings is 2. The highest BCUT2D eigenvalue weighted by Gasteiger charge is 2.19. The predicted octanol–water partition coefficient (Wildman–Crippen LogP) is 6.62. The van der Waals surface area contributed by atoms with Gasteiger partial charge in [0.1, 0.15) is 16.2 Å². The molecular formula is C27H25NO5S. The fraction of sp³-hybridized carbons (Fsp3) is 0.185. The quantitative estimate of drug-likeness (QED) is 0.251. The lowest BCUT2D eigenvalue weighted by atomic mass is 9.96. The van der Waals surface area contributed by atoms with Crippen molar-refractivity contribution in [2.24, 2.45) is 0 Å². The number of nitrogens with one attached hydrogen (secondary N) is 1. The molecule has 1 amide bonds. The number of fused-ring (bicyclic) bond motifs is 1. The van der Waals surface area contributed by atoms with E-state index >= 15 is 0 Å². The molecule has 4 aromatic rings. The maximum Gasteiger partial charge on any atom is 0.350 e. The lowest BCUT2D eigenvalue weighted by molar-refractivity contribution is -0.111. The van der Waals surface area contributed by atoms with Gasteiger partial charge in [-0.25, -0.2) is 4.79 Å². The lowest BCUT2D eigenvalue weighted by Crippen LogP contribution is -2.11. The molecule has 2 aromatic heterocycles. The van der Waals surface area contributed by atoms with Crippen LogP contribution in [0.2, 0.25) is 0 Å². The minimum Gasteiger partial charge on any atom is -0.496 e. The fourth-order valence-corrected chi connectivity index (χ4v) is 4.70. The molecule has 2 aromatic carbocycles. The molecule has 0 saturated carbocycles. The molecule has 0 unspecified atom stereocenters. The molecule has 0 radical (unpaired) electrons. The Bertz CT molecular complexity index is 1410. The summed E-state index contributed by atoms with van der Waals surface area (Å²) >= 11 is 1.21. The Morgan fingerprint density at radius 2 is 1.82 bits per heavy atom. The van der Waals surface area contributed by atoms with Crippen LogP contribution in [0.5, 0.6) is 5.75 Å². The van der Waals surface area contributed by atoms with Crippen LogP contribution in [0.4, 0.5) is 5.69 Å². The average Bonchev–Trinajstić information content (AvgIpc) is 3.46. The van der Waals surface area contributed by atoms with Gasteiger partial charge < -0.3 is 19.2 Å². The Morgan fingerprint density at radius 1 is 1.09 bits per heavy atom. The molecule has 2 heterocycles. The van der Waals surface area contributed by atoms with Crippen LogP contribution in [-0.4, -0.2) is 26.1 Å². The number of aryl methyl sites for hydroxylation is 2. The fourth-order valence-electron chi connectivity index (χ4n) is 3.93. The van der Waals surface area contributed by atoms with Crippen molar-refractivity contribution in [2.75, 3.05) is 19.5 Å². The van der Waals surface area contributed by atoms with Crippen LogP contribution in [-0.2, 0) is 9.53 Å². The third kappa shape index (κ3) is 4.34. The first kappa shape index (κ1) is 23.3. The highest BCUT2D eigenvalue weighted by Crippen LogP contribution is 2.40. The number of amides is 1. The number of rotatable bonds is 6. The summed E-state index contributed by atoms with van der Waals surface area (Å²) in [5.74, 6) is -0.200. The van der Waals surface area contributed by atoms with E-state index in [0.29, 0.717) is 21.9 Å². The molecule has 0 aliphatic rings. The van der Waals surface area contributed by atoms with Crippen LogP contribution in [0.25, 0.3) is 27.7 Å². The van der Waals surface area contributed by atoms with Crippen LogP contribution < -0.4 is 10.1 Å². The van der Waals surface area contributed by atoms with Gasteiger partial charge in [-0.3, -0.25) is 4.79 Å². The molecule has 0 saturated heterocycles. The molecule has 6 nitrogen and oxygen atoms in total. The summed E-state index contributed by atoms with van der Waals surface area (Å²) < 4.78 is 16.4. The first-order valence-electron chi connectivity index (χ1n) is 10.6.